The van der Waals surface area contributed by atoms with Crippen LogP contribution >= 0.6 is 0 Å². The SMILES string of the molecule is C[NH+](C)CC(=O)c1ccc2c(c1)N(CC(=O)[O-])C(=O)CO2. The zero-order chi connectivity index (χ0) is 15.6. The number of Topliss-reactive ketones (excluding diaryl/α,β-unsaturated/α-hetero) is 1. The average Bonchev–Trinajstić information content (AvgIpc) is 2.40. The molecule has 7 heteroatoms. The number of hydrogen-bond acceptors (Lipinski definition) is 5. The fourth-order valence-electron chi connectivity index (χ4n) is 2.10. The van der Waals surface area contributed by atoms with Gasteiger partial charge in [0.15, 0.2) is 6.61 Å². The second-order valence-corrected chi connectivity index (χ2v) is 5.13. The fraction of sp³-hybridized carbons (Fsp3) is 0.357. The summed E-state index contributed by atoms with van der Waals surface area (Å²) >= 11 is 0. The molecule has 112 valence electrons. The van der Waals surface area contributed by atoms with Gasteiger partial charge in [0.05, 0.1) is 32.3 Å². The van der Waals surface area contributed by atoms with Gasteiger partial charge in [0.25, 0.3) is 5.91 Å². The largest absolute Gasteiger partial charge is 0.548 e. The molecule has 0 aliphatic carbocycles. The van der Waals surface area contributed by atoms with E-state index in [1.165, 1.54) is 6.07 Å². The average molecular weight is 292 g/mol. The van der Waals surface area contributed by atoms with Gasteiger partial charge in [0.2, 0.25) is 5.78 Å². The Kier molecular flexibility index (Phi) is 4.23. The van der Waals surface area contributed by atoms with Crippen LogP contribution in [0, 0.1) is 0 Å². The highest BCUT2D eigenvalue weighted by molar-refractivity contribution is 6.03. The van der Waals surface area contributed by atoms with Crippen molar-refractivity contribution in [2.75, 3.05) is 38.7 Å². The first-order valence-corrected chi connectivity index (χ1v) is 6.47. The Morgan fingerprint density at radius 3 is 2.71 bits per heavy atom. The number of carbonyl (C=O) groups excluding carboxylic acids is 3. The number of hydrogen-bond donors (Lipinski definition) is 1. The topological polar surface area (TPSA) is 91.2 Å². The van der Waals surface area contributed by atoms with Crippen LogP contribution in [0.5, 0.6) is 5.75 Å². The van der Waals surface area contributed by atoms with Gasteiger partial charge in [-0.05, 0) is 18.2 Å². The van der Waals surface area contributed by atoms with Crippen LogP contribution in [0.15, 0.2) is 18.2 Å². The number of carboxylic acids is 1. The number of carboxylic acid groups (broad SMARTS) is 1. The molecule has 0 atom stereocenters. The van der Waals surface area contributed by atoms with E-state index in [9.17, 15) is 19.5 Å². The minimum atomic E-state index is -1.37. The number of amides is 1. The number of rotatable bonds is 5. The van der Waals surface area contributed by atoms with Gasteiger partial charge in [-0.1, -0.05) is 0 Å². The Labute approximate surface area is 121 Å². The van der Waals surface area contributed by atoms with Crippen molar-refractivity contribution in [1.29, 1.82) is 0 Å². The number of benzene rings is 1. The molecule has 0 spiro atoms. The molecule has 1 aromatic carbocycles. The number of fused-ring (bicyclic) bond motifs is 1. The van der Waals surface area contributed by atoms with Crippen molar-refractivity contribution >= 4 is 23.3 Å². The number of nitrogens with zero attached hydrogens (tertiary/aromatic N) is 1. The zero-order valence-electron chi connectivity index (χ0n) is 11.8. The minimum absolute atomic E-state index is 0.0933. The van der Waals surface area contributed by atoms with Gasteiger partial charge < -0.3 is 24.4 Å². The van der Waals surface area contributed by atoms with Crippen LogP contribution in [0.3, 0.4) is 0 Å². The molecular formula is C14H16N2O5. The summed E-state index contributed by atoms with van der Waals surface area (Å²) in [6, 6.07) is 4.67. The summed E-state index contributed by atoms with van der Waals surface area (Å²) in [6.45, 7) is -0.491. The Hall–Kier alpha value is -2.41. The molecule has 1 aliphatic heterocycles. The van der Waals surface area contributed by atoms with Gasteiger partial charge in [-0.2, -0.15) is 0 Å². The first-order valence-electron chi connectivity index (χ1n) is 6.47. The summed E-state index contributed by atoms with van der Waals surface area (Å²) in [4.78, 5) is 36.6. The van der Waals surface area contributed by atoms with E-state index in [0.29, 0.717) is 17.9 Å². The molecule has 1 aliphatic rings. The summed E-state index contributed by atoms with van der Waals surface area (Å²) < 4.78 is 5.24. The molecule has 1 aromatic rings. The van der Waals surface area contributed by atoms with Crippen molar-refractivity contribution in [3.63, 3.8) is 0 Å². The third-order valence-corrected chi connectivity index (χ3v) is 3.03. The molecule has 0 unspecified atom stereocenters. The number of aliphatic carboxylic acids is 1. The van der Waals surface area contributed by atoms with Crippen molar-refractivity contribution in [2.24, 2.45) is 0 Å². The normalized spacial score (nSPS) is 13.9. The lowest BCUT2D eigenvalue weighted by molar-refractivity contribution is -0.848. The predicted molar refractivity (Wildman–Crippen MR) is 71.3 cm³/mol. The van der Waals surface area contributed by atoms with E-state index in [2.05, 4.69) is 0 Å². The molecule has 0 bridgehead atoms. The molecule has 0 aromatic heterocycles. The lowest BCUT2D eigenvalue weighted by Crippen LogP contribution is -3.06. The molecule has 1 heterocycles. The number of likely N-dealkylation sites (N-methyl/N-ethyl adjacent to an activating group) is 1. The van der Waals surface area contributed by atoms with Gasteiger partial charge in [0, 0.05) is 5.56 Å². The summed E-state index contributed by atoms with van der Waals surface area (Å²) in [5.41, 5.74) is 0.701. The maximum atomic E-state index is 12.1. The van der Waals surface area contributed by atoms with E-state index in [4.69, 9.17) is 4.74 Å². The highest BCUT2D eigenvalue weighted by atomic mass is 16.5. The third kappa shape index (κ3) is 3.38. The highest BCUT2D eigenvalue weighted by Gasteiger charge is 2.26. The van der Waals surface area contributed by atoms with Crippen LogP contribution < -0.4 is 19.6 Å². The van der Waals surface area contributed by atoms with E-state index in [0.717, 1.165) is 9.80 Å². The molecule has 7 nitrogen and oxygen atoms in total. The van der Waals surface area contributed by atoms with Crippen molar-refractivity contribution in [3.8, 4) is 5.75 Å². The van der Waals surface area contributed by atoms with Crippen LogP contribution in [0.25, 0.3) is 0 Å². The molecule has 0 saturated heterocycles. The second-order valence-electron chi connectivity index (χ2n) is 5.13. The van der Waals surface area contributed by atoms with E-state index in [1.807, 2.05) is 14.1 Å². The molecule has 21 heavy (non-hydrogen) atoms. The summed E-state index contributed by atoms with van der Waals surface area (Å²) in [6.07, 6.45) is 0. The van der Waals surface area contributed by atoms with E-state index < -0.39 is 18.4 Å². The molecule has 0 saturated carbocycles. The van der Waals surface area contributed by atoms with Gasteiger partial charge in [0.1, 0.15) is 12.3 Å². The minimum Gasteiger partial charge on any atom is -0.548 e. The van der Waals surface area contributed by atoms with Crippen LogP contribution in [-0.2, 0) is 9.59 Å². The lowest BCUT2D eigenvalue weighted by Gasteiger charge is -2.29. The Bertz CT molecular complexity index is 597. The molecule has 1 amide bonds. The van der Waals surface area contributed by atoms with Gasteiger partial charge in [-0.15, -0.1) is 0 Å². The number of carbonyl (C=O) groups is 3. The molecule has 0 radical (unpaired) electrons. The molecular weight excluding hydrogens is 276 g/mol. The first-order chi connectivity index (χ1) is 9.88. The van der Waals surface area contributed by atoms with E-state index in [-0.39, 0.29) is 18.1 Å². The number of anilines is 1. The van der Waals surface area contributed by atoms with Gasteiger partial charge >= 0.3 is 0 Å². The quantitative estimate of drug-likeness (QED) is 0.605. The van der Waals surface area contributed by atoms with Crippen molar-refractivity contribution in [1.82, 2.24) is 0 Å². The maximum absolute atomic E-state index is 12.1. The number of ether oxygens (including phenoxy) is 1. The van der Waals surface area contributed by atoms with E-state index in [1.54, 1.807) is 12.1 Å². The smallest absolute Gasteiger partial charge is 0.265 e. The number of quaternary nitrogens is 1. The van der Waals surface area contributed by atoms with Crippen LogP contribution in [0.2, 0.25) is 0 Å². The first kappa shape index (κ1) is 15.0. The monoisotopic (exact) mass is 292 g/mol. The van der Waals surface area contributed by atoms with Crippen LogP contribution in [0.4, 0.5) is 5.69 Å². The van der Waals surface area contributed by atoms with Crippen molar-refractivity contribution in [2.45, 2.75) is 0 Å². The zero-order valence-corrected chi connectivity index (χ0v) is 11.8. The number of nitrogens with one attached hydrogen (secondary N) is 1. The summed E-state index contributed by atoms with van der Waals surface area (Å²) in [7, 11) is 3.71. The highest BCUT2D eigenvalue weighted by Crippen LogP contribution is 2.32. The predicted octanol–water partition coefficient (Wildman–Crippen LogP) is -2.51. The number of ketones is 1. The standard InChI is InChI=1S/C14H16N2O5/c1-15(2)6-11(17)9-3-4-12-10(5-9)16(7-14(19)20)13(18)8-21-12/h3-5H,6-8H2,1-2H3,(H,19,20). The fourth-order valence-corrected chi connectivity index (χ4v) is 2.10. The summed E-state index contributed by atoms with van der Waals surface area (Å²) in [5.74, 6) is -1.56. The van der Waals surface area contributed by atoms with Crippen molar-refractivity contribution < 1.29 is 29.1 Å². The van der Waals surface area contributed by atoms with E-state index >= 15 is 0 Å². The molecule has 0 fully saturated rings. The maximum Gasteiger partial charge on any atom is 0.265 e. The summed E-state index contributed by atoms with van der Waals surface area (Å²) in [5, 5.41) is 10.8. The lowest BCUT2D eigenvalue weighted by atomic mass is 10.1. The Morgan fingerprint density at radius 1 is 1.38 bits per heavy atom. The Balaban J connectivity index is 2.35. The molecule has 2 rings (SSSR count). The third-order valence-electron chi connectivity index (χ3n) is 3.03. The Morgan fingerprint density at radius 2 is 2.10 bits per heavy atom. The van der Waals surface area contributed by atoms with Crippen LogP contribution in [0.1, 0.15) is 10.4 Å². The van der Waals surface area contributed by atoms with Gasteiger partial charge in [-0.3, -0.25) is 9.59 Å². The van der Waals surface area contributed by atoms with Crippen molar-refractivity contribution in [3.05, 3.63) is 23.8 Å². The second kappa shape index (κ2) is 5.92. The van der Waals surface area contributed by atoms with Gasteiger partial charge in [-0.25, -0.2) is 0 Å². The molecule has 1 N–H and O–H groups in total. The van der Waals surface area contributed by atoms with Crippen LogP contribution in [-0.4, -0.2) is 51.5 Å².